The van der Waals surface area contributed by atoms with Gasteiger partial charge in [-0.05, 0) is 56.2 Å². The van der Waals surface area contributed by atoms with E-state index in [4.69, 9.17) is 14.6 Å². The van der Waals surface area contributed by atoms with E-state index in [1.807, 2.05) is 19.1 Å². The zero-order valence-corrected chi connectivity index (χ0v) is 17.7. The highest BCUT2D eigenvalue weighted by molar-refractivity contribution is 6.20. The molecule has 0 bridgehead atoms. The molecule has 1 amide bonds. The van der Waals surface area contributed by atoms with Gasteiger partial charge in [0.25, 0.3) is 5.91 Å². The predicted molar refractivity (Wildman–Crippen MR) is 118 cm³/mol. The lowest BCUT2D eigenvalue weighted by Gasteiger charge is -2.50. The molecular formula is C24H25N3O4. The maximum atomic E-state index is 13.9. The zero-order valence-electron chi connectivity index (χ0n) is 17.7. The molecule has 3 aliphatic heterocycles. The Morgan fingerprint density at radius 1 is 1.23 bits per heavy atom. The van der Waals surface area contributed by atoms with Crippen LogP contribution in [0.4, 0.5) is 11.4 Å². The van der Waals surface area contributed by atoms with Gasteiger partial charge in [0.15, 0.2) is 0 Å². The Kier molecular flexibility index (Phi) is 4.78. The number of amides is 1. The van der Waals surface area contributed by atoms with E-state index in [2.05, 4.69) is 17.0 Å². The molecule has 2 aromatic rings. The third-order valence-electron chi connectivity index (χ3n) is 6.56. The Labute approximate surface area is 181 Å². The van der Waals surface area contributed by atoms with E-state index >= 15 is 0 Å². The van der Waals surface area contributed by atoms with Gasteiger partial charge in [-0.15, -0.1) is 0 Å². The SMILES string of the molecule is CCOC(=O)c1ccc(N2N=C(C)C3(Cc4ccccc4N4CCOCC43)C2=O)cc1. The Hall–Kier alpha value is -3.19. The molecule has 7 nitrogen and oxygen atoms in total. The largest absolute Gasteiger partial charge is 0.462 e. The van der Waals surface area contributed by atoms with E-state index in [0.29, 0.717) is 37.5 Å². The monoisotopic (exact) mass is 419 g/mol. The minimum absolute atomic E-state index is 0.0520. The molecule has 0 N–H and O–H groups in total. The van der Waals surface area contributed by atoms with Crippen molar-refractivity contribution in [1.82, 2.24) is 0 Å². The van der Waals surface area contributed by atoms with Gasteiger partial charge in [-0.2, -0.15) is 10.1 Å². The predicted octanol–water partition coefficient (Wildman–Crippen LogP) is 3.03. The Morgan fingerprint density at radius 2 is 2.00 bits per heavy atom. The number of hydrogen-bond donors (Lipinski definition) is 0. The maximum Gasteiger partial charge on any atom is 0.338 e. The fourth-order valence-electron chi connectivity index (χ4n) is 5.00. The number of nitrogens with zero attached hydrogens (tertiary/aromatic N) is 3. The summed E-state index contributed by atoms with van der Waals surface area (Å²) in [7, 11) is 0. The summed E-state index contributed by atoms with van der Waals surface area (Å²) >= 11 is 0. The number of benzene rings is 2. The second-order valence-corrected chi connectivity index (χ2v) is 8.13. The van der Waals surface area contributed by atoms with Gasteiger partial charge in [-0.3, -0.25) is 4.79 Å². The molecule has 2 aromatic carbocycles. The number of morpholine rings is 1. The molecule has 0 aromatic heterocycles. The molecule has 2 unspecified atom stereocenters. The zero-order chi connectivity index (χ0) is 21.6. The summed E-state index contributed by atoms with van der Waals surface area (Å²) in [5.41, 5.74) is 3.45. The molecule has 0 radical (unpaired) electrons. The Balaban J connectivity index is 1.51. The van der Waals surface area contributed by atoms with Crippen molar-refractivity contribution < 1.29 is 19.1 Å². The van der Waals surface area contributed by atoms with E-state index in [1.165, 1.54) is 10.7 Å². The van der Waals surface area contributed by atoms with Crippen LogP contribution in [-0.4, -0.2) is 50.0 Å². The first-order valence-corrected chi connectivity index (χ1v) is 10.7. The average Bonchev–Trinajstić information content (AvgIpc) is 3.05. The number of anilines is 2. The summed E-state index contributed by atoms with van der Waals surface area (Å²) < 4.78 is 10.9. The molecule has 0 aliphatic carbocycles. The van der Waals surface area contributed by atoms with Crippen molar-refractivity contribution in [2.24, 2.45) is 10.5 Å². The molecule has 2 atom stereocenters. The van der Waals surface area contributed by atoms with Crippen LogP contribution in [0.15, 0.2) is 53.6 Å². The highest BCUT2D eigenvalue weighted by Gasteiger charge is 2.59. The van der Waals surface area contributed by atoms with Gasteiger partial charge in [0.05, 0.1) is 42.8 Å². The standard InChI is InChI=1S/C24H25N3O4/c1-3-31-22(28)17-8-10-19(11-9-17)27-23(29)24(16(2)25-27)14-18-6-4-5-7-20(18)26-12-13-30-15-21(24)26/h4-11,21H,3,12-15H2,1-2H3. The number of rotatable bonds is 3. The molecule has 31 heavy (non-hydrogen) atoms. The molecule has 1 fully saturated rings. The topological polar surface area (TPSA) is 71.4 Å². The molecule has 7 heteroatoms. The number of hydrogen-bond acceptors (Lipinski definition) is 6. The maximum absolute atomic E-state index is 13.9. The Morgan fingerprint density at radius 3 is 2.77 bits per heavy atom. The number of carbonyl (C=O) groups is 2. The summed E-state index contributed by atoms with van der Waals surface area (Å²) in [6, 6.07) is 15.0. The summed E-state index contributed by atoms with van der Waals surface area (Å²) in [6.45, 7) is 5.90. The minimum Gasteiger partial charge on any atom is -0.462 e. The highest BCUT2D eigenvalue weighted by Crippen LogP contribution is 2.47. The average molecular weight is 419 g/mol. The molecule has 160 valence electrons. The van der Waals surface area contributed by atoms with Crippen LogP contribution in [-0.2, 0) is 20.7 Å². The van der Waals surface area contributed by atoms with Crippen LogP contribution in [0, 0.1) is 5.41 Å². The number of ether oxygens (including phenoxy) is 2. The van der Waals surface area contributed by atoms with Crippen molar-refractivity contribution in [2.75, 3.05) is 36.3 Å². The van der Waals surface area contributed by atoms with E-state index in [0.717, 1.165) is 17.8 Å². The van der Waals surface area contributed by atoms with Gasteiger partial charge in [-0.1, -0.05) is 18.2 Å². The molecule has 1 spiro atoms. The molecular weight excluding hydrogens is 394 g/mol. The van der Waals surface area contributed by atoms with Crippen molar-refractivity contribution in [2.45, 2.75) is 26.3 Å². The lowest BCUT2D eigenvalue weighted by Crippen LogP contribution is -2.64. The summed E-state index contributed by atoms with van der Waals surface area (Å²) in [5.74, 6) is -0.430. The smallest absolute Gasteiger partial charge is 0.338 e. The molecule has 1 saturated heterocycles. The minimum atomic E-state index is -0.769. The lowest BCUT2D eigenvalue weighted by atomic mass is 9.68. The van der Waals surface area contributed by atoms with Crippen LogP contribution >= 0.6 is 0 Å². The van der Waals surface area contributed by atoms with Crippen LogP contribution in [0.2, 0.25) is 0 Å². The first-order valence-electron chi connectivity index (χ1n) is 10.7. The van der Waals surface area contributed by atoms with Crippen LogP contribution in [0.1, 0.15) is 29.8 Å². The van der Waals surface area contributed by atoms with E-state index in [1.54, 1.807) is 31.2 Å². The van der Waals surface area contributed by atoms with Gasteiger partial charge in [-0.25, -0.2) is 4.79 Å². The van der Waals surface area contributed by atoms with Gasteiger partial charge in [0.1, 0.15) is 5.41 Å². The molecule has 0 saturated carbocycles. The highest BCUT2D eigenvalue weighted by atomic mass is 16.5. The third kappa shape index (κ3) is 2.95. The quantitative estimate of drug-likeness (QED) is 0.715. The van der Waals surface area contributed by atoms with Crippen LogP contribution < -0.4 is 9.91 Å². The van der Waals surface area contributed by atoms with Crippen molar-refractivity contribution in [3.63, 3.8) is 0 Å². The fraction of sp³-hybridized carbons (Fsp3) is 0.375. The number of para-hydroxylation sites is 1. The van der Waals surface area contributed by atoms with Crippen molar-refractivity contribution in [1.29, 1.82) is 0 Å². The normalized spacial score (nSPS) is 24.6. The van der Waals surface area contributed by atoms with Gasteiger partial charge < -0.3 is 14.4 Å². The number of esters is 1. The van der Waals surface area contributed by atoms with Crippen molar-refractivity contribution >= 4 is 29.0 Å². The van der Waals surface area contributed by atoms with Crippen LogP contribution in [0.3, 0.4) is 0 Å². The number of hydrazone groups is 1. The summed E-state index contributed by atoms with van der Waals surface area (Å²) in [4.78, 5) is 28.2. The second-order valence-electron chi connectivity index (χ2n) is 8.13. The molecule has 3 heterocycles. The number of carbonyl (C=O) groups excluding carboxylic acids is 2. The third-order valence-corrected chi connectivity index (χ3v) is 6.56. The molecule has 3 aliphatic rings. The molecule has 5 rings (SSSR count). The van der Waals surface area contributed by atoms with E-state index in [9.17, 15) is 9.59 Å². The first kappa shape index (κ1) is 19.8. The van der Waals surface area contributed by atoms with Crippen LogP contribution in [0.25, 0.3) is 0 Å². The van der Waals surface area contributed by atoms with Gasteiger partial charge in [0, 0.05) is 12.2 Å². The van der Waals surface area contributed by atoms with Gasteiger partial charge >= 0.3 is 5.97 Å². The first-order chi connectivity index (χ1) is 15.1. The lowest BCUT2D eigenvalue weighted by molar-refractivity contribution is -0.126. The summed E-state index contributed by atoms with van der Waals surface area (Å²) in [6.07, 6.45) is 0.597. The van der Waals surface area contributed by atoms with Gasteiger partial charge in [0.2, 0.25) is 0 Å². The van der Waals surface area contributed by atoms with E-state index in [-0.39, 0.29) is 17.9 Å². The summed E-state index contributed by atoms with van der Waals surface area (Å²) in [5, 5.41) is 6.17. The van der Waals surface area contributed by atoms with E-state index < -0.39 is 5.41 Å². The van der Waals surface area contributed by atoms with Crippen molar-refractivity contribution in [3.05, 3.63) is 59.7 Å². The van der Waals surface area contributed by atoms with Crippen LogP contribution in [0.5, 0.6) is 0 Å². The number of fused-ring (bicyclic) bond motifs is 4. The Bertz CT molecular complexity index is 1060. The van der Waals surface area contributed by atoms with Crippen molar-refractivity contribution in [3.8, 4) is 0 Å². The second kappa shape index (κ2) is 7.50. The fourth-order valence-corrected chi connectivity index (χ4v) is 5.00.